The van der Waals surface area contributed by atoms with Gasteiger partial charge in [-0.3, -0.25) is 5.43 Å². The maximum atomic E-state index is 13.6. The van der Waals surface area contributed by atoms with Crippen LogP contribution in [0.15, 0.2) is 36.0 Å². The van der Waals surface area contributed by atoms with Gasteiger partial charge < -0.3 is 10.5 Å². The van der Waals surface area contributed by atoms with Gasteiger partial charge in [-0.1, -0.05) is 18.2 Å². The summed E-state index contributed by atoms with van der Waals surface area (Å²) in [7, 11) is 0. The van der Waals surface area contributed by atoms with Crippen LogP contribution in [0.25, 0.3) is 0 Å². The molecule has 96 valence electrons. The van der Waals surface area contributed by atoms with E-state index >= 15 is 0 Å². The van der Waals surface area contributed by atoms with E-state index in [4.69, 9.17) is 10.5 Å². The molecule has 1 rings (SSSR count). The van der Waals surface area contributed by atoms with Crippen molar-refractivity contribution in [2.24, 2.45) is 10.8 Å². The Morgan fingerprint density at radius 1 is 1.61 bits per heavy atom. The minimum absolute atomic E-state index is 0.0566. The van der Waals surface area contributed by atoms with Gasteiger partial charge in [0.1, 0.15) is 5.82 Å². The van der Waals surface area contributed by atoms with Crippen LogP contribution in [-0.4, -0.2) is 17.9 Å². The Labute approximate surface area is 110 Å². The third-order valence-electron chi connectivity index (χ3n) is 1.96. The van der Waals surface area contributed by atoms with Crippen LogP contribution in [0, 0.1) is 5.82 Å². The van der Waals surface area contributed by atoms with Crippen molar-refractivity contribution >= 4 is 23.5 Å². The number of nitrogens with one attached hydrogen (secondary N) is 1. The Hall–Kier alpha value is -1.79. The summed E-state index contributed by atoms with van der Waals surface area (Å²) in [5, 5.41) is 3.79. The second-order valence-corrected chi connectivity index (χ2v) is 3.83. The quantitative estimate of drug-likeness (QED) is 0.271. The minimum Gasteiger partial charge on any atom is -0.375 e. The maximum Gasteiger partial charge on any atom is 0.184 e. The smallest absolute Gasteiger partial charge is 0.184 e. The molecule has 0 fully saturated rings. The topological polar surface area (TPSA) is 59.6 Å². The number of halogens is 1. The zero-order chi connectivity index (χ0) is 13.4. The lowest BCUT2D eigenvalue weighted by Crippen LogP contribution is -2.24. The molecule has 18 heavy (non-hydrogen) atoms. The molecule has 1 aromatic rings. The van der Waals surface area contributed by atoms with E-state index in [0.717, 1.165) is 0 Å². The van der Waals surface area contributed by atoms with Gasteiger partial charge in [0.25, 0.3) is 0 Å². The van der Waals surface area contributed by atoms with E-state index in [-0.39, 0.29) is 17.5 Å². The van der Waals surface area contributed by atoms with Crippen LogP contribution in [0.1, 0.15) is 11.1 Å². The minimum atomic E-state index is -0.349. The van der Waals surface area contributed by atoms with Crippen molar-refractivity contribution in [3.8, 4) is 0 Å². The van der Waals surface area contributed by atoms with Gasteiger partial charge in [-0.2, -0.15) is 5.10 Å². The molecular formula is C12H14FN3OS. The zero-order valence-corrected chi connectivity index (χ0v) is 10.5. The van der Waals surface area contributed by atoms with E-state index < -0.39 is 0 Å². The Balaban J connectivity index is 2.63. The van der Waals surface area contributed by atoms with Crippen molar-refractivity contribution in [3.05, 3.63) is 47.8 Å². The van der Waals surface area contributed by atoms with E-state index in [1.165, 1.54) is 12.3 Å². The highest BCUT2D eigenvalue weighted by molar-refractivity contribution is 7.80. The molecule has 0 aromatic heterocycles. The molecule has 1 aromatic carbocycles. The Morgan fingerprint density at radius 2 is 2.39 bits per heavy atom. The van der Waals surface area contributed by atoms with E-state index in [1.807, 2.05) is 0 Å². The first-order valence-electron chi connectivity index (χ1n) is 5.19. The summed E-state index contributed by atoms with van der Waals surface area (Å²) in [6, 6.07) is 4.72. The van der Waals surface area contributed by atoms with Gasteiger partial charge >= 0.3 is 0 Å². The van der Waals surface area contributed by atoms with Gasteiger partial charge in [0.2, 0.25) is 0 Å². The van der Waals surface area contributed by atoms with Crippen molar-refractivity contribution in [1.29, 1.82) is 0 Å². The molecule has 0 saturated carbocycles. The molecule has 0 saturated heterocycles. The summed E-state index contributed by atoms with van der Waals surface area (Å²) in [5.41, 5.74) is 8.66. The molecular weight excluding hydrogens is 253 g/mol. The van der Waals surface area contributed by atoms with Crippen molar-refractivity contribution in [2.45, 2.75) is 6.61 Å². The molecule has 0 heterocycles. The normalized spacial score (nSPS) is 10.5. The lowest BCUT2D eigenvalue weighted by Gasteiger charge is -2.04. The average molecular weight is 267 g/mol. The summed E-state index contributed by atoms with van der Waals surface area (Å²) < 4.78 is 18.8. The summed E-state index contributed by atoms with van der Waals surface area (Å²) in [5.74, 6) is -0.349. The number of thiocarbonyl (C=S) groups is 1. The average Bonchev–Trinajstić information content (AvgIpc) is 2.31. The molecule has 0 aliphatic heterocycles. The molecule has 0 atom stereocenters. The van der Waals surface area contributed by atoms with Crippen molar-refractivity contribution in [1.82, 2.24) is 5.43 Å². The summed E-state index contributed by atoms with van der Waals surface area (Å²) in [6.07, 6.45) is 3.04. The first-order valence-corrected chi connectivity index (χ1v) is 5.60. The third-order valence-corrected chi connectivity index (χ3v) is 2.05. The van der Waals surface area contributed by atoms with Crippen LogP contribution in [0.4, 0.5) is 4.39 Å². The molecule has 0 unspecified atom stereocenters. The van der Waals surface area contributed by atoms with Crippen LogP contribution < -0.4 is 11.2 Å². The molecule has 3 N–H and O–H groups in total. The predicted octanol–water partition coefficient (Wildman–Crippen LogP) is 1.70. The molecule has 0 amide bonds. The van der Waals surface area contributed by atoms with Gasteiger partial charge in [-0.15, -0.1) is 6.58 Å². The van der Waals surface area contributed by atoms with E-state index in [0.29, 0.717) is 17.7 Å². The first kappa shape index (κ1) is 14.3. The van der Waals surface area contributed by atoms with Crippen LogP contribution >= 0.6 is 12.2 Å². The zero-order valence-electron chi connectivity index (χ0n) is 9.73. The fourth-order valence-corrected chi connectivity index (χ4v) is 1.24. The third kappa shape index (κ3) is 5.03. The number of hydrogen-bond acceptors (Lipinski definition) is 3. The lowest BCUT2D eigenvalue weighted by atomic mass is 10.1. The largest absolute Gasteiger partial charge is 0.375 e. The standard InChI is InChI=1S/C12H14FN3OS/c1-2-5-17-8-10-4-3-9(6-11(10)13)7-15-16-12(14)18/h2-4,6-7H,1,5,8H2,(H3,14,16,18). The van der Waals surface area contributed by atoms with Gasteiger partial charge in [0.15, 0.2) is 5.11 Å². The molecule has 0 aliphatic rings. The van der Waals surface area contributed by atoms with Gasteiger partial charge in [0, 0.05) is 5.56 Å². The summed E-state index contributed by atoms with van der Waals surface area (Å²) in [4.78, 5) is 0. The number of nitrogens with zero attached hydrogens (tertiary/aromatic N) is 1. The van der Waals surface area contributed by atoms with Gasteiger partial charge in [-0.25, -0.2) is 4.39 Å². The second-order valence-electron chi connectivity index (χ2n) is 3.39. The summed E-state index contributed by atoms with van der Waals surface area (Å²) in [6.45, 7) is 4.11. The van der Waals surface area contributed by atoms with E-state index in [2.05, 4.69) is 29.3 Å². The highest BCUT2D eigenvalue weighted by Gasteiger charge is 2.02. The van der Waals surface area contributed by atoms with E-state index in [9.17, 15) is 4.39 Å². The van der Waals surface area contributed by atoms with Gasteiger partial charge in [-0.05, 0) is 23.8 Å². The Morgan fingerprint density at radius 3 is 3.00 bits per heavy atom. The predicted molar refractivity (Wildman–Crippen MR) is 73.8 cm³/mol. The number of nitrogens with two attached hydrogens (primary N) is 1. The van der Waals surface area contributed by atoms with Crippen LogP contribution in [0.2, 0.25) is 0 Å². The molecule has 0 aliphatic carbocycles. The van der Waals surface area contributed by atoms with Crippen molar-refractivity contribution in [3.63, 3.8) is 0 Å². The number of ether oxygens (including phenoxy) is 1. The number of hydrazone groups is 1. The lowest BCUT2D eigenvalue weighted by molar-refractivity contribution is 0.146. The SMILES string of the molecule is C=CCOCc1ccc(C=NNC(N)=S)cc1F. The highest BCUT2D eigenvalue weighted by Crippen LogP contribution is 2.10. The number of benzene rings is 1. The first-order chi connectivity index (χ1) is 8.63. The van der Waals surface area contributed by atoms with Crippen molar-refractivity contribution < 1.29 is 9.13 Å². The molecule has 0 bridgehead atoms. The van der Waals surface area contributed by atoms with Crippen LogP contribution in [-0.2, 0) is 11.3 Å². The Bertz CT molecular complexity index is 463. The molecule has 4 nitrogen and oxygen atoms in total. The maximum absolute atomic E-state index is 13.6. The second kappa shape index (κ2) is 7.52. The molecule has 6 heteroatoms. The van der Waals surface area contributed by atoms with Crippen molar-refractivity contribution in [2.75, 3.05) is 6.61 Å². The van der Waals surface area contributed by atoms with Gasteiger partial charge in [0.05, 0.1) is 19.4 Å². The summed E-state index contributed by atoms with van der Waals surface area (Å²) >= 11 is 4.57. The fourth-order valence-electron chi connectivity index (χ4n) is 1.18. The number of hydrogen-bond donors (Lipinski definition) is 2. The van der Waals surface area contributed by atoms with Crippen LogP contribution in [0.3, 0.4) is 0 Å². The van der Waals surface area contributed by atoms with Crippen LogP contribution in [0.5, 0.6) is 0 Å². The monoisotopic (exact) mass is 267 g/mol. The molecule has 0 radical (unpaired) electrons. The molecule has 0 spiro atoms. The number of rotatable bonds is 6. The van der Waals surface area contributed by atoms with E-state index in [1.54, 1.807) is 18.2 Å². The highest BCUT2D eigenvalue weighted by atomic mass is 32.1. The fraction of sp³-hybridized carbons (Fsp3) is 0.167. The Kier molecular flexibility index (Phi) is 5.96.